The van der Waals surface area contributed by atoms with Gasteiger partial charge in [0.25, 0.3) is 0 Å². The molecule has 0 N–H and O–H groups in total. The fraction of sp³-hybridized carbons (Fsp3) is 0.250. The maximum absolute atomic E-state index is 13.3. The van der Waals surface area contributed by atoms with Crippen molar-refractivity contribution < 1.29 is 18.0 Å². The molecule has 1 nitrogen and oxygen atoms in total. The van der Waals surface area contributed by atoms with Crippen LogP contribution < -0.4 is 0 Å². The zero-order chi connectivity index (χ0) is 11.7. The lowest BCUT2D eigenvalue weighted by Crippen LogP contribution is -2.08. The highest BCUT2D eigenvalue weighted by Gasteiger charge is 2.23. The molecule has 0 heterocycles. The maximum Gasteiger partial charge on any atom is 0.194 e. The van der Waals surface area contributed by atoms with Gasteiger partial charge < -0.3 is 0 Å². The Kier molecular flexibility index (Phi) is 2.81. The Bertz CT molecular complexity index is 454. The zero-order valence-electron chi connectivity index (χ0n) is 8.40. The summed E-state index contributed by atoms with van der Waals surface area (Å²) >= 11 is 0. The minimum Gasteiger partial charge on any atom is -0.289 e. The predicted molar refractivity (Wildman–Crippen MR) is 52.6 cm³/mol. The number of benzene rings is 1. The Morgan fingerprint density at radius 3 is 2.25 bits per heavy atom. The first-order valence-corrected chi connectivity index (χ1v) is 4.98. The molecule has 0 saturated carbocycles. The summed E-state index contributed by atoms with van der Waals surface area (Å²) < 4.78 is 39.2. The molecule has 0 aromatic heterocycles. The number of hydrogen-bond donors (Lipinski definition) is 0. The van der Waals surface area contributed by atoms with Crippen LogP contribution in [0.1, 0.15) is 29.6 Å². The lowest BCUT2D eigenvalue weighted by atomic mass is 10.0. The molecule has 0 fully saturated rings. The summed E-state index contributed by atoms with van der Waals surface area (Å²) in [7, 11) is 0. The maximum atomic E-state index is 13.3. The molecule has 0 aliphatic heterocycles. The highest BCUT2D eigenvalue weighted by molar-refractivity contribution is 6.09. The minimum absolute atomic E-state index is 0.407. The number of Topliss-reactive ketones (excluding diaryl/α,β-unsaturated/α-hetero) is 1. The summed E-state index contributed by atoms with van der Waals surface area (Å²) in [6.07, 6.45) is 3.75. The average molecular weight is 226 g/mol. The molecule has 84 valence electrons. The number of hydrogen-bond acceptors (Lipinski definition) is 1. The number of allylic oxidation sites excluding steroid dienone is 2. The lowest BCUT2D eigenvalue weighted by molar-refractivity contribution is 0.102. The van der Waals surface area contributed by atoms with Crippen LogP contribution in [0.25, 0.3) is 0 Å². The molecule has 1 aromatic carbocycles. The van der Waals surface area contributed by atoms with E-state index in [1.165, 1.54) is 0 Å². The first-order valence-electron chi connectivity index (χ1n) is 4.98. The van der Waals surface area contributed by atoms with Gasteiger partial charge in [-0.05, 0) is 24.8 Å². The summed E-state index contributed by atoms with van der Waals surface area (Å²) in [5.41, 5.74) is -0.251. The molecule has 1 aliphatic rings. The van der Waals surface area contributed by atoms with Gasteiger partial charge in [-0.1, -0.05) is 6.08 Å². The fourth-order valence-corrected chi connectivity index (χ4v) is 1.80. The van der Waals surface area contributed by atoms with E-state index in [1.54, 1.807) is 6.08 Å². The minimum atomic E-state index is -1.14. The molecule has 1 aliphatic carbocycles. The van der Waals surface area contributed by atoms with Crippen molar-refractivity contribution in [1.29, 1.82) is 0 Å². The Labute approximate surface area is 90.6 Å². The fourth-order valence-electron chi connectivity index (χ4n) is 1.80. The summed E-state index contributed by atoms with van der Waals surface area (Å²) in [6.45, 7) is 0. The number of carbonyl (C=O) groups is 1. The van der Waals surface area contributed by atoms with Crippen molar-refractivity contribution in [2.24, 2.45) is 0 Å². The standard InChI is InChI=1S/C12H9F3O/c13-8-5-9(14)11(10(15)6-8)12(16)7-3-1-2-4-7/h3,5-6H,1-2,4H2. The van der Waals surface area contributed by atoms with Gasteiger partial charge in [-0.15, -0.1) is 0 Å². The van der Waals surface area contributed by atoms with Crippen LogP contribution in [-0.2, 0) is 0 Å². The molecule has 0 radical (unpaired) electrons. The monoisotopic (exact) mass is 226 g/mol. The third kappa shape index (κ3) is 1.87. The van der Waals surface area contributed by atoms with Crippen molar-refractivity contribution in [1.82, 2.24) is 0 Å². The van der Waals surface area contributed by atoms with Crippen LogP contribution in [0.2, 0.25) is 0 Å². The molecular formula is C12H9F3O. The molecule has 1 aromatic rings. The van der Waals surface area contributed by atoms with Crippen LogP contribution >= 0.6 is 0 Å². The summed E-state index contributed by atoms with van der Waals surface area (Å²) in [6, 6.07) is 1.04. The SMILES string of the molecule is O=C(C1=CCCC1)c1c(F)cc(F)cc1F. The molecular weight excluding hydrogens is 217 g/mol. The van der Waals surface area contributed by atoms with Crippen LogP contribution in [-0.4, -0.2) is 5.78 Å². The second-order valence-electron chi connectivity index (χ2n) is 3.70. The van der Waals surface area contributed by atoms with E-state index in [0.29, 0.717) is 24.1 Å². The second-order valence-corrected chi connectivity index (χ2v) is 3.70. The van der Waals surface area contributed by atoms with Gasteiger partial charge >= 0.3 is 0 Å². The number of ketones is 1. The zero-order valence-corrected chi connectivity index (χ0v) is 8.40. The van der Waals surface area contributed by atoms with E-state index in [2.05, 4.69) is 0 Å². The largest absolute Gasteiger partial charge is 0.289 e. The van der Waals surface area contributed by atoms with Gasteiger partial charge in [0.15, 0.2) is 5.78 Å². The quantitative estimate of drug-likeness (QED) is 0.706. The van der Waals surface area contributed by atoms with Crippen molar-refractivity contribution in [3.8, 4) is 0 Å². The van der Waals surface area contributed by atoms with Crippen molar-refractivity contribution >= 4 is 5.78 Å². The topological polar surface area (TPSA) is 17.1 Å². The van der Waals surface area contributed by atoms with Gasteiger partial charge in [0.1, 0.15) is 17.5 Å². The van der Waals surface area contributed by atoms with E-state index in [1.807, 2.05) is 0 Å². The molecule has 0 bridgehead atoms. The van der Waals surface area contributed by atoms with Crippen molar-refractivity contribution in [2.75, 3.05) is 0 Å². The van der Waals surface area contributed by atoms with Crippen LogP contribution in [0.15, 0.2) is 23.8 Å². The first kappa shape index (κ1) is 10.9. The van der Waals surface area contributed by atoms with Crippen molar-refractivity contribution in [3.05, 3.63) is 46.8 Å². The highest BCUT2D eigenvalue weighted by atomic mass is 19.1. The van der Waals surface area contributed by atoms with E-state index in [4.69, 9.17) is 0 Å². The Morgan fingerprint density at radius 2 is 1.75 bits per heavy atom. The van der Waals surface area contributed by atoms with Gasteiger partial charge in [0.05, 0.1) is 5.56 Å². The lowest BCUT2D eigenvalue weighted by Gasteiger charge is -2.04. The highest BCUT2D eigenvalue weighted by Crippen LogP contribution is 2.25. The number of carbonyl (C=O) groups excluding carboxylic acids is 1. The third-order valence-electron chi connectivity index (χ3n) is 2.57. The van der Waals surface area contributed by atoms with Gasteiger partial charge in [-0.25, -0.2) is 13.2 Å². The van der Waals surface area contributed by atoms with Crippen molar-refractivity contribution in [2.45, 2.75) is 19.3 Å². The van der Waals surface area contributed by atoms with E-state index in [-0.39, 0.29) is 0 Å². The van der Waals surface area contributed by atoms with E-state index in [9.17, 15) is 18.0 Å². The second kappa shape index (κ2) is 4.12. The van der Waals surface area contributed by atoms with Crippen LogP contribution in [0.5, 0.6) is 0 Å². The Morgan fingerprint density at radius 1 is 1.12 bits per heavy atom. The van der Waals surface area contributed by atoms with E-state index < -0.39 is 28.8 Å². The van der Waals surface area contributed by atoms with Crippen LogP contribution in [0.3, 0.4) is 0 Å². The molecule has 0 saturated heterocycles. The summed E-state index contributed by atoms with van der Waals surface area (Å²) in [4.78, 5) is 11.7. The summed E-state index contributed by atoms with van der Waals surface area (Å²) in [5.74, 6) is -3.98. The molecule has 2 rings (SSSR count). The Balaban J connectivity index is 2.44. The van der Waals surface area contributed by atoms with E-state index >= 15 is 0 Å². The third-order valence-corrected chi connectivity index (χ3v) is 2.57. The number of halogens is 3. The van der Waals surface area contributed by atoms with Gasteiger partial charge in [-0.2, -0.15) is 0 Å². The Hall–Kier alpha value is -1.58. The molecule has 0 amide bonds. The van der Waals surface area contributed by atoms with Gasteiger partial charge in [0, 0.05) is 12.1 Å². The smallest absolute Gasteiger partial charge is 0.194 e. The van der Waals surface area contributed by atoms with Gasteiger partial charge in [-0.3, -0.25) is 4.79 Å². The molecule has 0 unspecified atom stereocenters. The van der Waals surface area contributed by atoms with Crippen LogP contribution in [0, 0.1) is 17.5 Å². The molecule has 4 heteroatoms. The predicted octanol–water partition coefficient (Wildman–Crippen LogP) is 3.40. The summed E-state index contributed by atoms with van der Waals surface area (Å²) in [5, 5.41) is 0. The van der Waals surface area contributed by atoms with Crippen LogP contribution in [0.4, 0.5) is 13.2 Å². The normalized spacial score (nSPS) is 15.1. The van der Waals surface area contributed by atoms with E-state index in [0.717, 1.165) is 12.8 Å². The molecule has 0 spiro atoms. The average Bonchev–Trinajstić information content (AvgIpc) is 2.67. The number of rotatable bonds is 2. The first-order chi connectivity index (χ1) is 7.59. The molecule has 0 atom stereocenters. The van der Waals surface area contributed by atoms with Gasteiger partial charge in [0.2, 0.25) is 0 Å². The molecule has 16 heavy (non-hydrogen) atoms. The van der Waals surface area contributed by atoms with Crippen molar-refractivity contribution in [3.63, 3.8) is 0 Å².